The zero-order valence-corrected chi connectivity index (χ0v) is 12.3. The molecule has 20 heavy (non-hydrogen) atoms. The Morgan fingerprint density at radius 3 is 2.95 bits per heavy atom. The highest BCUT2D eigenvalue weighted by atomic mass is 16.5. The van der Waals surface area contributed by atoms with E-state index < -0.39 is 0 Å². The van der Waals surface area contributed by atoms with E-state index in [1.165, 1.54) is 31.2 Å². The molecule has 3 unspecified atom stereocenters. The first-order valence-corrected chi connectivity index (χ1v) is 7.89. The molecule has 2 heterocycles. The molecule has 2 aliphatic heterocycles. The Morgan fingerprint density at radius 1 is 1.25 bits per heavy atom. The molecule has 0 saturated carbocycles. The molecule has 3 nitrogen and oxygen atoms in total. The van der Waals surface area contributed by atoms with E-state index in [0.717, 1.165) is 25.4 Å². The van der Waals surface area contributed by atoms with E-state index in [0.29, 0.717) is 18.1 Å². The Bertz CT molecular complexity index is 429. The number of hydrogen-bond donors (Lipinski definition) is 1. The van der Waals surface area contributed by atoms with Crippen LogP contribution in [0.15, 0.2) is 24.3 Å². The summed E-state index contributed by atoms with van der Waals surface area (Å²) >= 11 is 0. The molecule has 1 aromatic carbocycles. The van der Waals surface area contributed by atoms with Crippen molar-refractivity contribution in [3.05, 3.63) is 29.8 Å². The predicted molar refractivity (Wildman–Crippen MR) is 80.4 cm³/mol. The summed E-state index contributed by atoms with van der Waals surface area (Å²) in [5.74, 6) is 1.63. The number of fused-ring (bicyclic) bond motifs is 1. The highest BCUT2D eigenvalue weighted by molar-refractivity contribution is 5.38. The number of likely N-dealkylation sites (N-methyl/N-ethyl adjacent to an activating group) is 1. The van der Waals surface area contributed by atoms with Crippen LogP contribution in [0.1, 0.15) is 43.6 Å². The Kier molecular flexibility index (Phi) is 4.58. The van der Waals surface area contributed by atoms with Crippen LogP contribution >= 0.6 is 0 Å². The van der Waals surface area contributed by atoms with Crippen molar-refractivity contribution in [2.75, 3.05) is 20.3 Å². The maximum atomic E-state index is 5.77. The minimum atomic E-state index is 0.487. The van der Waals surface area contributed by atoms with Gasteiger partial charge >= 0.3 is 0 Å². The number of para-hydroxylation sites is 1. The molecule has 3 heteroatoms. The van der Waals surface area contributed by atoms with Gasteiger partial charge in [0.2, 0.25) is 0 Å². The summed E-state index contributed by atoms with van der Waals surface area (Å²) in [6.07, 6.45) is 6.41. The fraction of sp³-hybridized carbons (Fsp3) is 0.647. The van der Waals surface area contributed by atoms with Crippen LogP contribution in [-0.4, -0.2) is 32.4 Å². The third-order valence-electron chi connectivity index (χ3n) is 4.69. The summed E-state index contributed by atoms with van der Waals surface area (Å²) in [4.78, 5) is 0. The van der Waals surface area contributed by atoms with E-state index in [9.17, 15) is 0 Å². The van der Waals surface area contributed by atoms with Crippen LogP contribution in [0.5, 0.6) is 5.75 Å². The van der Waals surface area contributed by atoms with Crippen molar-refractivity contribution < 1.29 is 9.47 Å². The van der Waals surface area contributed by atoms with Gasteiger partial charge in [-0.2, -0.15) is 0 Å². The van der Waals surface area contributed by atoms with Crippen molar-refractivity contribution in [1.29, 1.82) is 0 Å². The zero-order chi connectivity index (χ0) is 13.8. The lowest BCUT2D eigenvalue weighted by Crippen LogP contribution is -2.35. The first kappa shape index (κ1) is 13.9. The predicted octanol–water partition coefficient (Wildman–Crippen LogP) is 3.10. The highest BCUT2D eigenvalue weighted by Gasteiger charge is 2.28. The number of nitrogens with one attached hydrogen (secondary N) is 1. The van der Waals surface area contributed by atoms with Gasteiger partial charge in [-0.15, -0.1) is 0 Å². The second kappa shape index (κ2) is 6.59. The normalized spacial score (nSPS) is 26.9. The Balaban J connectivity index is 1.66. The maximum absolute atomic E-state index is 5.77. The SMILES string of the molecule is CNC(CCC1CCCO1)C1CCOc2ccccc21. The lowest BCUT2D eigenvalue weighted by molar-refractivity contribution is 0.0979. The summed E-state index contributed by atoms with van der Waals surface area (Å²) in [7, 11) is 2.08. The fourth-order valence-corrected chi connectivity index (χ4v) is 3.57. The van der Waals surface area contributed by atoms with Crippen LogP contribution < -0.4 is 10.1 Å². The standard InChI is InChI=1S/C17H25NO2/c1-18-16(9-8-13-5-4-11-19-13)14-10-12-20-17-7-3-2-6-15(14)17/h2-3,6-7,13-14,16,18H,4-5,8-12H2,1H3. The van der Waals surface area contributed by atoms with Crippen molar-refractivity contribution in [3.63, 3.8) is 0 Å². The zero-order valence-electron chi connectivity index (χ0n) is 12.3. The minimum absolute atomic E-state index is 0.487. The lowest BCUT2D eigenvalue weighted by atomic mass is 9.84. The summed E-state index contributed by atoms with van der Waals surface area (Å²) in [5.41, 5.74) is 1.37. The molecule has 1 N–H and O–H groups in total. The first-order chi connectivity index (χ1) is 9.88. The quantitative estimate of drug-likeness (QED) is 0.895. The smallest absolute Gasteiger partial charge is 0.122 e. The van der Waals surface area contributed by atoms with Gasteiger partial charge in [0.25, 0.3) is 0 Å². The molecule has 2 aliphatic rings. The molecular formula is C17H25NO2. The van der Waals surface area contributed by atoms with Gasteiger partial charge in [0.1, 0.15) is 5.75 Å². The van der Waals surface area contributed by atoms with E-state index in [2.05, 4.69) is 36.6 Å². The third kappa shape index (κ3) is 2.99. The summed E-state index contributed by atoms with van der Waals surface area (Å²) < 4.78 is 11.5. The van der Waals surface area contributed by atoms with Gasteiger partial charge in [0.15, 0.2) is 0 Å². The topological polar surface area (TPSA) is 30.5 Å². The molecule has 0 radical (unpaired) electrons. The molecule has 110 valence electrons. The molecule has 1 aromatic rings. The van der Waals surface area contributed by atoms with Gasteiger partial charge in [0.05, 0.1) is 12.7 Å². The lowest BCUT2D eigenvalue weighted by Gasteiger charge is -2.32. The van der Waals surface area contributed by atoms with Crippen molar-refractivity contribution in [2.24, 2.45) is 0 Å². The van der Waals surface area contributed by atoms with E-state index >= 15 is 0 Å². The van der Waals surface area contributed by atoms with Gasteiger partial charge < -0.3 is 14.8 Å². The summed E-state index contributed by atoms with van der Waals surface area (Å²) in [5, 5.41) is 3.53. The molecule has 0 spiro atoms. The fourth-order valence-electron chi connectivity index (χ4n) is 3.57. The highest BCUT2D eigenvalue weighted by Crippen LogP contribution is 2.37. The van der Waals surface area contributed by atoms with Crippen molar-refractivity contribution in [1.82, 2.24) is 5.32 Å². The molecule has 3 atom stereocenters. The van der Waals surface area contributed by atoms with Crippen LogP contribution in [0, 0.1) is 0 Å². The minimum Gasteiger partial charge on any atom is -0.493 e. The van der Waals surface area contributed by atoms with Crippen LogP contribution in [0.2, 0.25) is 0 Å². The molecule has 1 saturated heterocycles. The largest absolute Gasteiger partial charge is 0.493 e. The van der Waals surface area contributed by atoms with Gasteiger partial charge in [-0.05, 0) is 50.8 Å². The van der Waals surface area contributed by atoms with E-state index in [-0.39, 0.29) is 0 Å². The third-order valence-corrected chi connectivity index (χ3v) is 4.69. The van der Waals surface area contributed by atoms with Crippen LogP contribution in [0.4, 0.5) is 0 Å². The van der Waals surface area contributed by atoms with Gasteiger partial charge in [0, 0.05) is 18.6 Å². The Labute approximate surface area is 121 Å². The second-order valence-electron chi connectivity index (χ2n) is 5.89. The van der Waals surface area contributed by atoms with Gasteiger partial charge in [-0.3, -0.25) is 0 Å². The monoisotopic (exact) mass is 275 g/mol. The Morgan fingerprint density at radius 2 is 2.15 bits per heavy atom. The molecule has 0 amide bonds. The van der Waals surface area contributed by atoms with E-state index in [1.54, 1.807) is 0 Å². The second-order valence-corrected chi connectivity index (χ2v) is 5.89. The van der Waals surface area contributed by atoms with Crippen molar-refractivity contribution in [3.8, 4) is 5.75 Å². The molecule has 3 rings (SSSR count). The average Bonchev–Trinajstić information content (AvgIpc) is 3.01. The van der Waals surface area contributed by atoms with Crippen LogP contribution in [-0.2, 0) is 4.74 Å². The average molecular weight is 275 g/mol. The number of rotatable bonds is 5. The number of ether oxygens (including phenoxy) is 2. The van der Waals surface area contributed by atoms with Gasteiger partial charge in [-0.25, -0.2) is 0 Å². The van der Waals surface area contributed by atoms with E-state index in [1.807, 2.05) is 0 Å². The first-order valence-electron chi connectivity index (χ1n) is 7.89. The van der Waals surface area contributed by atoms with Gasteiger partial charge in [-0.1, -0.05) is 18.2 Å². The molecule has 1 fully saturated rings. The molecule has 0 aromatic heterocycles. The molecule has 0 aliphatic carbocycles. The maximum Gasteiger partial charge on any atom is 0.122 e. The van der Waals surface area contributed by atoms with Crippen LogP contribution in [0.3, 0.4) is 0 Å². The Hall–Kier alpha value is -1.06. The van der Waals surface area contributed by atoms with E-state index in [4.69, 9.17) is 9.47 Å². The van der Waals surface area contributed by atoms with Crippen molar-refractivity contribution >= 4 is 0 Å². The molecule has 0 bridgehead atoms. The summed E-state index contributed by atoms with van der Waals surface area (Å²) in [6, 6.07) is 9.00. The number of hydrogen-bond acceptors (Lipinski definition) is 3. The van der Waals surface area contributed by atoms with Crippen molar-refractivity contribution in [2.45, 2.75) is 50.2 Å². The molecular weight excluding hydrogens is 250 g/mol. The van der Waals surface area contributed by atoms with Crippen LogP contribution in [0.25, 0.3) is 0 Å². The number of benzene rings is 1. The summed E-state index contributed by atoms with van der Waals surface area (Å²) in [6.45, 7) is 1.79.